The molecule has 0 radical (unpaired) electrons. The Kier molecular flexibility index (Phi) is 1.56. The summed E-state index contributed by atoms with van der Waals surface area (Å²) in [4.78, 5) is 23.2. The van der Waals surface area contributed by atoms with E-state index in [1.54, 1.807) is 36.7 Å². The first kappa shape index (κ1) is 8.11. The zero-order valence-electron chi connectivity index (χ0n) is 7.77. The van der Waals surface area contributed by atoms with E-state index in [0.29, 0.717) is 22.1 Å². The molecule has 0 aliphatic carbocycles. The maximum atomic E-state index is 12.0. The smallest absolute Gasteiger partial charge is 0.200 e. The summed E-state index contributed by atoms with van der Waals surface area (Å²) in [5, 5.41) is 1.19. The summed E-state index contributed by atoms with van der Waals surface area (Å²) in [5.74, 6) is 0. The highest BCUT2D eigenvalue weighted by Gasteiger charge is 2.04. The second-order valence-corrected chi connectivity index (χ2v) is 3.25. The fourth-order valence-electron chi connectivity index (χ4n) is 1.63. The van der Waals surface area contributed by atoms with Gasteiger partial charge in [-0.2, -0.15) is 0 Å². The van der Waals surface area contributed by atoms with Gasteiger partial charge in [0.1, 0.15) is 11.3 Å². The van der Waals surface area contributed by atoms with Gasteiger partial charge in [0.25, 0.3) is 0 Å². The molecular weight excluding hydrogens is 190 g/mol. The van der Waals surface area contributed by atoms with Crippen molar-refractivity contribution in [1.29, 1.82) is 0 Å². The van der Waals surface area contributed by atoms with Crippen LogP contribution in [-0.2, 0) is 0 Å². The van der Waals surface area contributed by atoms with Gasteiger partial charge < -0.3 is 4.98 Å². The van der Waals surface area contributed by atoms with Crippen LogP contribution in [0.4, 0.5) is 0 Å². The lowest BCUT2D eigenvalue weighted by Gasteiger charge is -1.99. The number of nitrogens with one attached hydrogen (secondary N) is 1. The van der Waals surface area contributed by atoms with E-state index in [-0.39, 0.29) is 5.43 Å². The van der Waals surface area contributed by atoms with Crippen molar-refractivity contribution in [3.63, 3.8) is 0 Å². The van der Waals surface area contributed by atoms with E-state index in [0.717, 1.165) is 0 Å². The van der Waals surface area contributed by atoms with E-state index < -0.39 is 0 Å². The van der Waals surface area contributed by atoms with Gasteiger partial charge in [0.05, 0.1) is 10.8 Å². The summed E-state index contributed by atoms with van der Waals surface area (Å²) in [6, 6.07) is 7.01. The fourth-order valence-corrected chi connectivity index (χ4v) is 1.63. The second kappa shape index (κ2) is 2.88. The first-order valence-corrected chi connectivity index (χ1v) is 4.58. The molecule has 15 heavy (non-hydrogen) atoms. The number of fused-ring (bicyclic) bond motifs is 2. The molecule has 0 bridgehead atoms. The third kappa shape index (κ3) is 1.11. The highest BCUT2D eigenvalue weighted by Crippen LogP contribution is 2.09. The van der Waals surface area contributed by atoms with Gasteiger partial charge in [-0.1, -0.05) is 0 Å². The number of hydrogen-bond acceptors (Lipinski definition) is 3. The Labute approximate surface area is 84.6 Å². The van der Waals surface area contributed by atoms with Crippen LogP contribution < -0.4 is 5.43 Å². The highest BCUT2D eigenvalue weighted by molar-refractivity contribution is 5.88. The van der Waals surface area contributed by atoms with Crippen molar-refractivity contribution in [1.82, 2.24) is 15.0 Å². The molecule has 3 aromatic rings. The Hall–Kier alpha value is -2.23. The molecule has 3 heterocycles. The largest absolute Gasteiger partial charge is 0.324 e. The minimum absolute atomic E-state index is 0.0278. The first-order valence-electron chi connectivity index (χ1n) is 4.58. The molecule has 1 N–H and O–H groups in total. The molecule has 0 aliphatic heterocycles. The number of H-pyrrole nitrogens is 1. The van der Waals surface area contributed by atoms with Crippen molar-refractivity contribution >= 4 is 22.1 Å². The average Bonchev–Trinajstić information content (AvgIpc) is 2.30. The average molecular weight is 197 g/mol. The zero-order chi connectivity index (χ0) is 10.3. The van der Waals surface area contributed by atoms with Gasteiger partial charge in [0.2, 0.25) is 0 Å². The van der Waals surface area contributed by atoms with Crippen LogP contribution in [-0.4, -0.2) is 15.0 Å². The number of nitrogens with zero attached hydrogens (tertiary/aromatic N) is 2. The van der Waals surface area contributed by atoms with E-state index in [2.05, 4.69) is 15.0 Å². The van der Waals surface area contributed by atoms with Crippen LogP contribution in [0, 0.1) is 0 Å². The minimum atomic E-state index is -0.0278. The number of pyridine rings is 3. The van der Waals surface area contributed by atoms with Crippen molar-refractivity contribution in [3.05, 3.63) is 46.9 Å². The summed E-state index contributed by atoms with van der Waals surface area (Å²) in [7, 11) is 0. The molecule has 0 aliphatic rings. The lowest BCUT2D eigenvalue weighted by molar-refractivity contribution is 1.26. The van der Waals surface area contributed by atoms with Crippen molar-refractivity contribution in [2.75, 3.05) is 0 Å². The van der Waals surface area contributed by atoms with E-state index >= 15 is 0 Å². The Morgan fingerprint density at radius 2 is 1.47 bits per heavy atom. The first-order chi connectivity index (χ1) is 7.36. The monoisotopic (exact) mass is 197 g/mol. The summed E-state index contributed by atoms with van der Waals surface area (Å²) in [6.45, 7) is 0. The molecule has 3 rings (SSSR count). The van der Waals surface area contributed by atoms with Gasteiger partial charge in [0.15, 0.2) is 5.43 Å². The molecule has 0 saturated heterocycles. The Morgan fingerprint density at radius 1 is 0.933 bits per heavy atom. The normalized spacial score (nSPS) is 10.9. The molecule has 4 nitrogen and oxygen atoms in total. The second-order valence-electron chi connectivity index (χ2n) is 3.25. The number of rotatable bonds is 0. The van der Waals surface area contributed by atoms with E-state index in [4.69, 9.17) is 0 Å². The van der Waals surface area contributed by atoms with Gasteiger partial charge in [-0.05, 0) is 24.3 Å². The highest BCUT2D eigenvalue weighted by atomic mass is 16.1. The van der Waals surface area contributed by atoms with Gasteiger partial charge in [-0.15, -0.1) is 0 Å². The van der Waals surface area contributed by atoms with E-state index in [9.17, 15) is 4.79 Å². The predicted molar refractivity (Wildman–Crippen MR) is 57.7 cm³/mol. The molecule has 4 heteroatoms. The van der Waals surface area contributed by atoms with Gasteiger partial charge >= 0.3 is 0 Å². The topological polar surface area (TPSA) is 58.6 Å². The summed E-state index contributed by atoms with van der Waals surface area (Å²) < 4.78 is 0. The number of aromatic nitrogens is 3. The zero-order valence-corrected chi connectivity index (χ0v) is 7.77. The third-order valence-corrected chi connectivity index (χ3v) is 2.34. The predicted octanol–water partition coefficient (Wildman–Crippen LogP) is 1.47. The quantitative estimate of drug-likeness (QED) is 0.555. The number of aromatic amines is 1. The number of hydrogen-bond donors (Lipinski definition) is 1. The summed E-state index contributed by atoms with van der Waals surface area (Å²) in [5.41, 5.74) is 1.13. The molecule has 72 valence electrons. The van der Waals surface area contributed by atoms with Crippen molar-refractivity contribution in [2.45, 2.75) is 0 Å². The molecule has 0 amide bonds. The van der Waals surface area contributed by atoms with Crippen LogP contribution in [0.2, 0.25) is 0 Å². The van der Waals surface area contributed by atoms with E-state index in [1.807, 2.05) is 0 Å². The van der Waals surface area contributed by atoms with Crippen LogP contribution in [0.5, 0.6) is 0 Å². The van der Waals surface area contributed by atoms with Crippen LogP contribution in [0.25, 0.3) is 22.1 Å². The molecule has 0 aromatic carbocycles. The third-order valence-electron chi connectivity index (χ3n) is 2.34. The van der Waals surface area contributed by atoms with Crippen LogP contribution >= 0.6 is 0 Å². The lowest BCUT2D eigenvalue weighted by atomic mass is 10.2. The maximum Gasteiger partial charge on any atom is 0.200 e. The molecule has 0 unspecified atom stereocenters. The standard InChI is InChI=1S/C11H7N3O/c15-9-7-3-1-5-12-10(7)14-11-8(9)4-2-6-13-11/h1-6H,(H,12,13,14,15). The molecule has 0 saturated carbocycles. The van der Waals surface area contributed by atoms with Gasteiger partial charge in [-0.25, -0.2) is 9.97 Å². The lowest BCUT2D eigenvalue weighted by Crippen LogP contribution is -2.05. The Bertz CT molecular complexity index is 646. The van der Waals surface area contributed by atoms with Crippen molar-refractivity contribution < 1.29 is 0 Å². The van der Waals surface area contributed by atoms with Crippen LogP contribution in [0.1, 0.15) is 0 Å². The Balaban J connectivity index is 2.66. The molecular formula is C11H7N3O. The molecule has 0 fully saturated rings. The van der Waals surface area contributed by atoms with Crippen molar-refractivity contribution in [3.8, 4) is 0 Å². The molecule has 3 aromatic heterocycles. The summed E-state index contributed by atoms with van der Waals surface area (Å²) in [6.07, 6.45) is 3.29. The van der Waals surface area contributed by atoms with Crippen molar-refractivity contribution in [2.24, 2.45) is 0 Å². The van der Waals surface area contributed by atoms with Crippen LogP contribution in [0.3, 0.4) is 0 Å². The SMILES string of the molecule is O=c1c2cccnc2[nH]c2ncccc12. The molecule has 0 spiro atoms. The summed E-state index contributed by atoms with van der Waals surface area (Å²) >= 11 is 0. The maximum absolute atomic E-state index is 12.0. The van der Waals surface area contributed by atoms with E-state index in [1.165, 1.54) is 0 Å². The fraction of sp³-hybridized carbons (Fsp3) is 0. The van der Waals surface area contributed by atoms with Gasteiger partial charge in [-0.3, -0.25) is 4.79 Å². The molecule has 0 atom stereocenters. The minimum Gasteiger partial charge on any atom is -0.324 e. The Morgan fingerprint density at radius 3 is 2.00 bits per heavy atom. The van der Waals surface area contributed by atoms with Crippen LogP contribution in [0.15, 0.2) is 41.5 Å². The van der Waals surface area contributed by atoms with Gasteiger partial charge in [0, 0.05) is 12.4 Å².